The van der Waals surface area contributed by atoms with Crippen LogP contribution in [0.15, 0.2) is 0 Å². The number of rotatable bonds is 4. The molecule has 1 unspecified atom stereocenters. The molecule has 0 aromatic rings. The first-order valence-electron chi connectivity index (χ1n) is 6.88. The van der Waals surface area contributed by atoms with Gasteiger partial charge in [0.1, 0.15) is 0 Å². The topological polar surface area (TPSA) is 78.4 Å². The van der Waals surface area contributed by atoms with Gasteiger partial charge in [-0.2, -0.15) is 0 Å². The van der Waals surface area contributed by atoms with Crippen LogP contribution in [0.25, 0.3) is 0 Å². The number of carbonyl (C=O) groups excluding carboxylic acids is 1. The zero-order valence-electron chi connectivity index (χ0n) is 10.7. The van der Waals surface area contributed by atoms with E-state index in [1.165, 1.54) is 0 Å². The van der Waals surface area contributed by atoms with Gasteiger partial charge in [0.15, 0.2) is 0 Å². The zero-order valence-corrected chi connectivity index (χ0v) is 10.7. The molecule has 0 spiro atoms. The molecule has 1 aliphatic heterocycles. The highest BCUT2D eigenvalue weighted by atomic mass is 16.4. The first kappa shape index (κ1) is 13.3. The summed E-state index contributed by atoms with van der Waals surface area (Å²) in [4.78, 5) is 22.6. The maximum atomic E-state index is 11.8. The average molecular weight is 254 g/mol. The summed E-state index contributed by atoms with van der Waals surface area (Å²) in [6.07, 6.45) is 4.26. The minimum absolute atomic E-state index is 0.125. The fraction of sp³-hybridized carbons (Fsp3) is 0.846. The Bertz CT molecular complexity index is 305. The maximum absolute atomic E-state index is 11.8. The molecule has 0 aromatic heterocycles. The molecule has 1 heterocycles. The Balaban J connectivity index is 1.65. The third-order valence-corrected chi connectivity index (χ3v) is 4.19. The normalized spacial score (nSPS) is 32.1. The summed E-state index contributed by atoms with van der Waals surface area (Å²) in [5.41, 5.74) is 0. The van der Waals surface area contributed by atoms with Crippen molar-refractivity contribution in [1.82, 2.24) is 10.6 Å². The van der Waals surface area contributed by atoms with Crippen LogP contribution >= 0.6 is 0 Å². The van der Waals surface area contributed by atoms with Crippen LogP contribution in [-0.4, -0.2) is 36.6 Å². The summed E-state index contributed by atoms with van der Waals surface area (Å²) >= 11 is 0. The van der Waals surface area contributed by atoms with Gasteiger partial charge in [-0.05, 0) is 44.6 Å². The minimum Gasteiger partial charge on any atom is -0.481 e. The molecule has 2 fully saturated rings. The van der Waals surface area contributed by atoms with Crippen molar-refractivity contribution in [3.8, 4) is 0 Å². The van der Waals surface area contributed by atoms with E-state index in [9.17, 15) is 9.59 Å². The highest BCUT2D eigenvalue weighted by molar-refractivity contribution is 5.79. The minimum atomic E-state index is -0.672. The van der Waals surface area contributed by atoms with E-state index in [1.807, 2.05) is 0 Å². The molecular formula is C13H22N2O3. The second-order valence-corrected chi connectivity index (χ2v) is 5.49. The summed E-state index contributed by atoms with van der Waals surface area (Å²) in [5.74, 6) is -0.106. The Morgan fingerprint density at radius 1 is 1.11 bits per heavy atom. The van der Waals surface area contributed by atoms with Crippen LogP contribution in [0.5, 0.6) is 0 Å². The van der Waals surface area contributed by atoms with E-state index < -0.39 is 5.97 Å². The SMILES string of the molecule is O=C(O)C1CCC(CNC(=O)C2CCNC2)CC1. The van der Waals surface area contributed by atoms with E-state index in [-0.39, 0.29) is 17.7 Å². The molecule has 1 atom stereocenters. The lowest BCUT2D eigenvalue weighted by molar-refractivity contribution is -0.143. The third-order valence-electron chi connectivity index (χ3n) is 4.19. The first-order valence-corrected chi connectivity index (χ1v) is 6.88. The van der Waals surface area contributed by atoms with Crippen LogP contribution in [0.3, 0.4) is 0 Å². The molecule has 102 valence electrons. The van der Waals surface area contributed by atoms with Crippen molar-refractivity contribution in [2.75, 3.05) is 19.6 Å². The van der Waals surface area contributed by atoms with E-state index >= 15 is 0 Å². The maximum Gasteiger partial charge on any atom is 0.306 e. The van der Waals surface area contributed by atoms with Gasteiger partial charge in [0.2, 0.25) is 5.91 Å². The van der Waals surface area contributed by atoms with Gasteiger partial charge in [-0.15, -0.1) is 0 Å². The summed E-state index contributed by atoms with van der Waals surface area (Å²) < 4.78 is 0. The highest BCUT2D eigenvalue weighted by Crippen LogP contribution is 2.28. The summed E-state index contributed by atoms with van der Waals surface area (Å²) in [5, 5.41) is 15.1. The van der Waals surface area contributed by atoms with Gasteiger partial charge in [0.25, 0.3) is 0 Å². The fourth-order valence-electron chi connectivity index (χ4n) is 2.88. The number of carboxylic acids is 1. The predicted octanol–water partition coefficient (Wildman–Crippen LogP) is 0.603. The van der Waals surface area contributed by atoms with E-state index in [4.69, 9.17) is 5.11 Å². The number of carbonyl (C=O) groups is 2. The number of carboxylic acid groups (broad SMARTS) is 1. The first-order chi connectivity index (χ1) is 8.66. The van der Waals surface area contributed by atoms with Crippen molar-refractivity contribution in [1.29, 1.82) is 0 Å². The molecular weight excluding hydrogens is 232 g/mol. The lowest BCUT2D eigenvalue weighted by atomic mass is 9.82. The summed E-state index contributed by atoms with van der Waals surface area (Å²) in [6, 6.07) is 0. The molecule has 3 N–H and O–H groups in total. The Kier molecular flexibility index (Phi) is 4.58. The van der Waals surface area contributed by atoms with Gasteiger partial charge in [0.05, 0.1) is 11.8 Å². The van der Waals surface area contributed by atoms with Crippen molar-refractivity contribution < 1.29 is 14.7 Å². The van der Waals surface area contributed by atoms with Crippen LogP contribution in [0.4, 0.5) is 0 Å². The van der Waals surface area contributed by atoms with Crippen LogP contribution in [-0.2, 0) is 9.59 Å². The van der Waals surface area contributed by atoms with Gasteiger partial charge >= 0.3 is 5.97 Å². The Morgan fingerprint density at radius 2 is 1.83 bits per heavy atom. The quantitative estimate of drug-likeness (QED) is 0.686. The third kappa shape index (κ3) is 3.45. The molecule has 5 heteroatoms. The zero-order chi connectivity index (χ0) is 13.0. The van der Waals surface area contributed by atoms with E-state index in [2.05, 4.69) is 10.6 Å². The molecule has 18 heavy (non-hydrogen) atoms. The second-order valence-electron chi connectivity index (χ2n) is 5.49. The fourth-order valence-corrected chi connectivity index (χ4v) is 2.88. The Morgan fingerprint density at radius 3 is 2.39 bits per heavy atom. The van der Waals surface area contributed by atoms with Gasteiger partial charge in [-0.3, -0.25) is 9.59 Å². The molecule has 1 saturated carbocycles. The number of hydrogen-bond acceptors (Lipinski definition) is 3. The predicted molar refractivity (Wildman–Crippen MR) is 67.1 cm³/mol. The molecule has 2 aliphatic rings. The lowest BCUT2D eigenvalue weighted by Gasteiger charge is -2.26. The average Bonchev–Trinajstić information content (AvgIpc) is 2.90. The van der Waals surface area contributed by atoms with Crippen LogP contribution in [0.1, 0.15) is 32.1 Å². The number of hydrogen-bond donors (Lipinski definition) is 3. The van der Waals surface area contributed by atoms with Crippen LogP contribution in [0.2, 0.25) is 0 Å². The van der Waals surface area contributed by atoms with Crippen molar-refractivity contribution in [2.24, 2.45) is 17.8 Å². The standard InChI is InChI=1S/C13H22N2O3/c16-12(11-5-6-14-8-11)15-7-9-1-3-10(4-2-9)13(17)18/h9-11,14H,1-8H2,(H,15,16)(H,17,18). The molecule has 5 nitrogen and oxygen atoms in total. The van der Waals surface area contributed by atoms with Crippen molar-refractivity contribution >= 4 is 11.9 Å². The van der Waals surface area contributed by atoms with Gasteiger partial charge in [-0.1, -0.05) is 0 Å². The van der Waals surface area contributed by atoms with Crippen molar-refractivity contribution in [3.63, 3.8) is 0 Å². The molecule has 0 bridgehead atoms. The second kappa shape index (κ2) is 6.18. The van der Waals surface area contributed by atoms with Crippen LogP contribution < -0.4 is 10.6 Å². The van der Waals surface area contributed by atoms with E-state index in [1.54, 1.807) is 0 Å². The molecule has 0 aromatic carbocycles. The largest absolute Gasteiger partial charge is 0.481 e. The summed E-state index contributed by atoms with van der Waals surface area (Å²) in [6.45, 7) is 2.43. The smallest absolute Gasteiger partial charge is 0.306 e. The lowest BCUT2D eigenvalue weighted by Crippen LogP contribution is -2.36. The number of aliphatic carboxylic acids is 1. The van der Waals surface area contributed by atoms with E-state index in [0.29, 0.717) is 12.5 Å². The molecule has 1 amide bonds. The van der Waals surface area contributed by atoms with Crippen molar-refractivity contribution in [3.05, 3.63) is 0 Å². The monoisotopic (exact) mass is 254 g/mol. The Hall–Kier alpha value is -1.10. The van der Waals surface area contributed by atoms with Crippen LogP contribution in [0, 0.1) is 17.8 Å². The van der Waals surface area contributed by atoms with Gasteiger partial charge < -0.3 is 15.7 Å². The summed E-state index contributed by atoms with van der Waals surface area (Å²) in [7, 11) is 0. The highest BCUT2D eigenvalue weighted by Gasteiger charge is 2.27. The van der Waals surface area contributed by atoms with Gasteiger partial charge in [0, 0.05) is 13.1 Å². The molecule has 1 aliphatic carbocycles. The molecule has 1 saturated heterocycles. The molecule has 2 rings (SSSR count). The Labute approximate surface area is 107 Å². The van der Waals surface area contributed by atoms with Gasteiger partial charge in [-0.25, -0.2) is 0 Å². The number of nitrogens with one attached hydrogen (secondary N) is 2. The number of amides is 1. The molecule has 0 radical (unpaired) electrons. The van der Waals surface area contributed by atoms with Crippen molar-refractivity contribution in [2.45, 2.75) is 32.1 Å². The van der Waals surface area contributed by atoms with E-state index in [0.717, 1.165) is 45.2 Å².